The van der Waals surface area contributed by atoms with Crippen molar-refractivity contribution in [3.63, 3.8) is 0 Å². The van der Waals surface area contributed by atoms with E-state index in [9.17, 15) is 0 Å². The fraction of sp³-hybridized carbons (Fsp3) is 0.700. The van der Waals surface area contributed by atoms with Crippen LogP contribution in [0.1, 0.15) is 43.3 Å². The molecule has 2 N–H and O–H groups in total. The van der Waals surface area contributed by atoms with Gasteiger partial charge in [-0.15, -0.1) is 0 Å². The van der Waals surface area contributed by atoms with Gasteiger partial charge in [0.2, 0.25) is 0 Å². The molecule has 1 aromatic heterocycles. The molecular weight excluding hydrogens is 162 g/mol. The lowest BCUT2D eigenvalue weighted by molar-refractivity contribution is 0.566. The molecule has 3 nitrogen and oxygen atoms in total. The van der Waals surface area contributed by atoms with Gasteiger partial charge in [0.05, 0.1) is 5.69 Å². The second-order valence-corrected chi connectivity index (χ2v) is 3.52. The van der Waals surface area contributed by atoms with Gasteiger partial charge in [-0.2, -0.15) is 5.10 Å². The van der Waals surface area contributed by atoms with Crippen LogP contribution in [0.2, 0.25) is 0 Å². The van der Waals surface area contributed by atoms with E-state index in [0.29, 0.717) is 6.04 Å². The maximum absolute atomic E-state index is 4.18. The summed E-state index contributed by atoms with van der Waals surface area (Å²) in [6.45, 7) is 9.53. The van der Waals surface area contributed by atoms with Crippen molar-refractivity contribution >= 4 is 0 Å². The van der Waals surface area contributed by atoms with Crippen LogP contribution in [0.5, 0.6) is 0 Å². The van der Waals surface area contributed by atoms with E-state index in [1.807, 2.05) is 6.92 Å². The predicted octanol–water partition coefficient (Wildman–Crippen LogP) is 2.09. The lowest BCUT2D eigenvalue weighted by Gasteiger charge is -2.13. The van der Waals surface area contributed by atoms with Crippen LogP contribution in [-0.4, -0.2) is 16.7 Å². The standard InChI is InChI=1S/C10H19N3/c1-5-6-11-7(2)10-8(3)12-13-9(10)4/h7,11H,5-6H2,1-4H3,(H,12,13). The number of H-pyrrole nitrogens is 1. The highest BCUT2D eigenvalue weighted by atomic mass is 15.1. The molecule has 1 unspecified atom stereocenters. The molecule has 0 spiro atoms. The Kier molecular flexibility index (Phi) is 3.48. The van der Waals surface area contributed by atoms with E-state index in [2.05, 4.69) is 36.3 Å². The fourth-order valence-corrected chi connectivity index (χ4v) is 1.66. The average molecular weight is 181 g/mol. The molecule has 0 radical (unpaired) electrons. The summed E-state index contributed by atoms with van der Waals surface area (Å²) in [4.78, 5) is 0. The van der Waals surface area contributed by atoms with Gasteiger partial charge < -0.3 is 5.32 Å². The maximum atomic E-state index is 4.18. The zero-order valence-electron chi connectivity index (χ0n) is 8.94. The fourth-order valence-electron chi connectivity index (χ4n) is 1.66. The largest absolute Gasteiger partial charge is 0.310 e. The zero-order chi connectivity index (χ0) is 9.84. The summed E-state index contributed by atoms with van der Waals surface area (Å²) in [5, 5.41) is 10.6. The first-order valence-electron chi connectivity index (χ1n) is 4.91. The average Bonchev–Trinajstić information content (AvgIpc) is 2.42. The third-order valence-corrected chi connectivity index (χ3v) is 2.32. The van der Waals surface area contributed by atoms with Crippen molar-refractivity contribution in [1.29, 1.82) is 0 Å². The molecule has 74 valence electrons. The van der Waals surface area contributed by atoms with Gasteiger partial charge in [0.1, 0.15) is 0 Å². The summed E-state index contributed by atoms with van der Waals surface area (Å²) < 4.78 is 0. The molecule has 0 aromatic carbocycles. The molecule has 13 heavy (non-hydrogen) atoms. The highest BCUT2D eigenvalue weighted by molar-refractivity contribution is 5.26. The van der Waals surface area contributed by atoms with Gasteiger partial charge in [0, 0.05) is 17.3 Å². The molecular formula is C10H19N3. The monoisotopic (exact) mass is 181 g/mol. The van der Waals surface area contributed by atoms with Crippen LogP contribution < -0.4 is 5.32 Å². The van der Waals surface area contributed by atoms with Crippen molar-refractivity contribution in [2.24, 2.45) is 0 Å². The number of rotatable bonds is 4. The van der Waals surface area contributed by atoms with Crippen molar-refractivity contribution in [3.8, 4) is 0 Å². The lowest BCUT2D eigenvalue weighted by Crippen LogP contribution is -2.20. The Morgan fingerprint density at radius 3 is 2.62 bits per heavy atom. The van der Waals surface area contributed by atoms with Crippen LogP contribution in [0.15, 0.2) is 0 Å². The van der Waals surface area contributed by atoms with Crippen LogP contribution >= 0.6 is 0 Å². The normalized spacial score (nSPS) is 13.2. The van der Waals surface area contributed by atoms with Crippen molar-refractivity contribution in [2.45, 2.75) is 40.2 Å². The number of nitrogens with one attached hydrogen (secondary N) is 2. The molecule has 1 rings (SSSR count). The maximum Gasteiger partial charge on any atom is 0.0641 e. The van der Waals surface area contributed by atoms with Crippen LogP contribution in [0.3, 0.4) is 0 Å². The van der Waals surface area contributed by atoms with Gasteiger partial charge in [-0.1, -0.05) is 6.92 Å². The highest BCUT2D eigenvalue weighted by Gasteiger charge is 2.12. The van der Waals surface area contributed by atoms with E-state index in [4.69, 9.17) is 0 Å². The van der Waals surface area contributed by atoms with Crippen LogP contribution in [0, 0.1) is 13.8 Å². The number of aromatic amines is 1. The van der Waals surface area contributed by atoms with Crippen LogP contribution in [-0.2, 0) is 0 Å². The Balaban J connectivity index is 2.69. The third-order valence-electron chi connectivity index (χ3n) is 2.32. The third kappa shape index (κ3) is 2.31. The van der Waals surface area contributed by atoms with Gasteiger partial charge >= 0.3 is 0 Å². The summed E-state index contributed by atoms with van der Waals surface area (Å²) in [7, 11) is 0. The van der Waals surface area contributed by atoms with E-state index in [1.165, 1.54) is 17.7 Å². The second-order valence-electron chi connectivity index (χ2n) is 3.52. The number of nitrogens with zero attached hydrogens (tertiary/aromatic N) is 1. The Bertz CT molecular complexity index is 246. The number of hydrogen-bond acceptors (Lipinski definition) is 2. The van der Waals surface area contributed by atoms with E-state index in [-0.39, 0.29) is 0 Å². The minimum absolute atomic E-state index is 0.402. The minimum atomic E-state index is 0.402. The van der Waals surface area contributed by atoms with E-state index in [1.54, 1.807) is 0 Å². The molecule has 0 fully saturated rings. The summed E-state index contributed by atoms with van der Waals surface area (Å²) >= 11 is 0. The Morgan fingerprint density at radius 2 is 2.15 bits per heavy atom. The van der Waals surface area contributed by atoms with Crippen molar-refractivity contribution < 1.29 is 0 Å². The van der Waals surface area contributed by atoms with Crippen molar-refractivity contribution in [3.05, 3.63) is 17.0 Å². The topological polar surface area (TPSA) is 40.7 Å². The Labute approximate surface area is 79.9 Å². The summed E-state index contributed by atoms with van der Waals surface area (Å²) in [5.74, 6) is 0. The molecule has 0 aliphatic rings. The Morgan fingerprint density at radius 1 is 1.46 bits per heavy atom. The molecule has 1 heterocycles. The van der Waals surface area contributed by atoms with Gasteiger partial charge in [0.25, 0.3) is 0 Å². The minimum Gasteiger partial charge on any atom is -0.310 e. The summed E-state index contributed by atoms with van der Waals surface area (Å²) in [6.07, 6.45) is 1.17. The van der Waals surface area contributed by atoms with E-state index in [0.717, 1.165) is 12.2 Å². The molecule has 1 atom stereocenters. The quantitative estimate of drug-likeness (QED) is 0.746. The second kappa shape index (κ2) is 4.42. The number of hydrogen-bond donors (Lipinski definition) is 2. The molecule has 0 saturated heterocycles. The molecule has 0 saturated carbocycles. The first kappa shape index (κ1) is 10.3. The first-order valence-corrected chi connectivity index (χ1v) is 4.91. The zero-order valence-corrected chi connectivity index (χ0v) is 8.94. The molecule has 3 heteroatoms. The van der Waals surface area contributed by atoms with Crippen LogP contribution in [0.4, 0.5) is 0 Å². The molecule has 0 aliphatic heterocycles. The summed E-state index contributed by atoms with van der Waals surface area (Å²) in [6, 6.07) is 0.402. The smallest absolute Gasteiger partial charge is 0.0641 e. The van der Waals surface area contributed by atoms with Crippen molar-refractivity contribution in [2.75, 3.05) is 6.54 Å². The van der Waals surface area contributed by atoms with Gasteiger partial charge in [0.15, 0.2) is 0 Å². The molecule has 0 aliphatic carbocycles. The number of aryl methyl sites for hydroxylation is 2. The SMILES string of the molecule is CCCNC(C)c1c(C)n[nH]c1C. The van der Waals surface area contributed by atoms with Gasteiger partial charge in [-0.25, -0.2) is 0 Å². The molecule has 0 bridgehead atoms. The van der Waals surface area contributed by atoms with E-state index >= 15 is 0 Å². The van der Waals surface area contributed by atoms with Gasteiger partial charge in [-0.05, 0) is 33.7 Å². The van der Waals surface area contributed by atoms with Crippen molar-refractivity contribution in [1.82, 2.24) is 15.5 Å². The Hall–Kier alpha value is -0.830. The van der Waals surface area contributed by atoms with Crippen LogP contribution in [0.25, 0.3) is 0 Å². The first-order chi connectivity index (χ1) is 6.16. The molecule has 1 aromatic rings. The van der Waals surface area contributed by atoms with E-state index < -0.39 is 0 Å². The molecule has 0 amide bonds. The lowest BCUT2D eigenvalue weighted by atomic mass is 10.1. The summed E-state index contributed by atoms with van der Waals surface area (Å²) in [5.41, 5.74) is 3.59. The predicted molar refractivity (Wildman–Crippen MR) is 54.8 cm³/mol. The number of aromatic nitrogens is 2. The highest BCUT2D eigenvalue weighted by Crippen LogP contribution is 2.18. The van der Waals surface area contributed by atoms with Gasteiger partial charge in [-0.3, -0.25) is 5.10 Å².